The number of aliphatic hydroxyl groups excluding tert-OH is 1. The number of pyridine rings is 1. The van der Waals surface area contributed by atoms with Crippen molar-refractivity contribution in [3.8, 4) is 17.4 Å². The van der Waals surface area contributed by atoms with Gasteiger partial charge in [0.2, 0.25) is 5.88 Å². The van der Waals surface area contributed by atoms with Crippen LogP contribution in [0, 0.1) is 0 Å². The zero-order valence-corrected chi connectivity index (χ0v) is 11.6. The lowest BCUT2D eigenvalue weighted by atomic mass is 10.0. The Balaban J connectivity index is 1.96. The van der Waals surface area contributed by atoms with E-state index in [4.69, 9.17) is 9.47 Å². The summed E-state index contributed by atoms with van der Waals surface area (Å²) < 4.78 is 11.8. The van der Waals surface area contributed by atoms with E-state index in [0.717, 1.165) is 17.7 Å². The Morgan fingerprint density at radius 1 is 1.30 bits per heavy atom. The van der Waals surface area contributed by atoms with Crippen molar-refractivity contribution >= 4 is 0 Å². The van der Waals surface area contributed by atoms with Gasteiger partial charge in [-0.25, -0.2) is 4.98 Å². The van der Waals surface area contributed by atoms with Crippen molar-refractivity contribution in [3.05, 3.63) is 47.7 Å². The number of aromatic nitrogens is 1. The molecule has 1 aromatic heterocycles. The molecule has 4 nitrogen and oxygen atoms in total. The third-order valence-electron chi connectivity index (χ3n) is 3.28. The minimum Gasteiger partial charge on any atom is -0.483 e. The lowest BCUT2D eigenvalue weighted by Gasteiger charge is -2.18. The third-order valence-corrected chi connectivity index (χ3v) is 3.28. The highest BCUT2D eigenvalue weighted by Crippen LogP contribution is 2.43. The lowest BCUT2D eigenvalue weighted by Crippen LogP contribution is -2.24. The molecule has 2 aromatic rings. The van der Waals surface area contributed by atoms with Gasteiger partial charge in [0, 0.05) is 23.7 Å². The van der Waals surface area contributed by atoms with Crippen LogP contribution in [0.4, 0.5) is 0 Å². The second kappa shape index (κ2) is 4.80. The van der Waals surface area contributed by atoms with Crippen LogP contribution in [0.15, 0.2) is 36.5 Å². The van der Waals surface area contributed by atoms with Crippen molar-refractivity contribution in [2.24, 2.45) is 0 Å². The number of rotatable bonds is 3. The van der Waals surface area contributed by atoms with Gasteiger partial charge in [-0.3, -0.25) is 0 Å². The monoisotopic (exact) mass is 271 g/mol. The van der Waals surface area contributed by atoms with Crippen LogP contribution in [0.2, 0.25) is 0 Å². The predicted molar refractivity (Wildman–Crippen MR) is 75.1 cm³/mol. The average Bonchev–Trinajstić information content (AvgIpc) is 2.74. The minimum atomic E-state index is -0.217. The van der Waals surface area contributed by atoms with Crippen LogP contribution in [0.25, 0.3) is 0 Å². The maximum atomic E-state index is 9.32. The highest BCUT2D eigenvalue weighted by Gasteiger charge is 2.32. The van der Waals surface area contributed by atoms with Crippen LogP contribution in [0.3, 0.4) is 0 Å². The zero-order chi connectivity index (χ0) is 14.2. The van der Waals surface area contributed by atoms with Gasteiger partial charge in [0.05, 0.1) is 6.61 Å². The summed E-state index contributed by atoms with van der Waals surface area (Å²) in [7, 11) is 0. The van der Waals surface area contributed by atoms with Crippen LogP contribution in [0.5, 0.6) is 17.4 Å². The van der Waals surface area contributed by atoms with Crippen LogP contribution < -0.4 is 9.47 Å². The molecule has 104 valence electrons. The van der Waals surface area contributed by atoms with Gasteiger partial charge < -0.3 is 14.6 Å². The second-order valence-corrected chi connectivity index (χ2v) is 5.51. The number of hydrogen-bond acceptors (Lipinski definition) is 4. The molecule has 2 heterocycles. The molecule has 0 saturated heterocycles. The number of hydrogen-bond donors (Lipinski definition) is 1. The summed E-state index contributed by atoms with van der Waals surface area (Å²) in [6, 6.07) is 9.41. The van der Waals surface area contributed by atoms with E-state index in [2.05, 4.69) is 18.8 Å². The third kappa shape index (κ3) is 2.34. The summed E-state index contributed by atoms with van der Waals surface area (Å²) in [6.07, 6.45) is 2.50. The molecule has 0 radical (unpaired) electrons. The molecule has 0 atom stereocenters. The number of fused-ring (bicyclic) bond motifs is 1. The summed E-state index contributed by atoms with van der Waals surface area (Å²) in [5.74, 6) is 1.82. The van der Waals surface area contributed by atoms with E-state index in [1.54, 1.807) is 18.3 Å². The van der Waals surface area contributed by atoms with Crippen LogP contribution >= 0.6 is 0 Å². The first-order valence-electron chi connectivity index (χ1n) is 6.62. The van der Waals surface area contributed by atoms with Crippen LogP contribution in [-0.4, -0.2) is 15.7 Å². The first kappa shape index (κ1) is 12.9. The van der Waals surface area contributed by atoms with Gasteiger partial charge in [-0.15, -0.1) is 0 Å². The lowest BCUT2D eigenvalue weighted by molar-refractivity contribution is 0.134. The molecule has 0 unspecified atom stereocenters. The molecule has 0 amide bonds. The molecule has 0 fully saturated rings. The van der Waals surface area contributed by atoms with Crippen molar-refractivity contribution in [3.63, 3.8) is 0 Å². The summed E-state index contributed by atoms with van der Waals surface area (Å²) in [6.45, 7) is 4.00. The van der Waals surface area contributed by atoms with E-state index in [1.165, 1.54) is 0 Å². The Kier molecular flexibility index (Phi) is 3.10. The fraction of sp³-hybridized carbons (Fsp3) is 0.312. The normalized spacial score (nSPS) is 15.6. The Bertz CT molecular complexity index is 637. The van der Waals surface area contributed by atoms with Crippen molar-refractivity contribution in [1.29, 1.82) is 0 Å². The highest BCUT2D eigenvalue weighted by atomic mass is 16.5. The largest absolute Gasteiger partial charge is 0.483 e. The first-order valence-corrected chi connectivity index (χ1v) is 6.62. The standard InChI is InChI=1S/C16H17NO3/c1-16(2)9-11-5-3-7-13(14(11)20-16)19-15-12(10-18)6-4-8-17-15/h3-8,18H,9-10H2,1-2H3. The molecule has 0 saturated carbocycles. The number of aliphatic hydroxyl groups is 1. The second-order valence-electron chi connectivity index (χ2n) is 5.51. The molecule has 3 rings (SSSR count). The van der Waals surface area contributed by atoms with Crippen LogP contribution in [-0.2, 0) is 13.0 Å². The summed E-state index contributed by atoms with van der Waals surface area (Å²) in [4.78, 5) is 4.17. The van der Waals surface area contributed by atoms with Crippen molar-refractivity contribution in [2.75, 3.05) is 0 Å². The Hall–Kier alpha value is -2.07. The van der Waals surface area contributed by atoms with Crippen molar-refractivity contribution in [2.45, 2.75) is 32.5 Å². The summed E-state index contributed by atoms with van der Waals surface area (Å²) in [5, 5.41) is 9.32. The predicted octanol–water partition coefficient (Wildman–Crippen LogP) is 3.08. The topological polar surface area (TPSA) is 51.6 Å². The maximum Gasteiger partial charge on any atom is 0.224 e. The van der Waals surface area contributed by atoms with E-state index in [0.29, 0.717) is 17.2 Å². The molecule has 1 aromatic carbocycles. The Morgan fingerprint density at radius 3 is 2.95 bits per heavy atom. The fourth-order valence-corrected chi connectivity index (χ4v) is 2.41. The Labute approximate surface area is 118 Å². The minimum absolute atomic E-state index is 0.107. The maximum absolute atomic E-state index is 9.32. The van der Waals surface area contributed by atoms with Gasteiger partial charge in [-0.1, -0.05) is 12.1 Å². The molecule has 0 aliphatic carbocycles. The molecule has 20 heavy (non-hydrogen) atoms. The van der Waals surface area contributed by atoms with Gasteiger partial charge >= 0.3 is 0 Å². The number of ether oxygens (including phenoxy) is 2. The summed E-state index contributed by atoms with van der Waals surface area (Å²) >= 11 is 0. The molecule has 0 bridgehead atoms. The van der Waals surface area contributed by atoms with Crippen molar-refractivity contribution in [1.82, 2.24) is 4.98 Å². The van der Waals surface area contributed by atoms with E-state index >= 15 is 0 Å². The SMILES string of the molecule is CC1(C)Cc2cccc(Oc3ncccc3CO)c2O1. The molecular formula is C16H17NO3. The van der Waals surface area contributed by atoms with Gasteiger partial charge in [0.25, 0.3) is 0 Å². The Morgan fingerprint density at radius 2 is 2.15 bits per heavy atom. The fourth-order valence-electron chi connectivity index (χ4n) is 2.41. The molecule has 1 aliphatic heterocycles. The van der Waals surface area contributed by atoms with E-state index < -0.39 is 0 Å². The van der Waals surface area contributed by atoms with Gasteiger partial charge in [-0.2, -0.15) is 0 Å². The molecule has 4 heteroatoms. The molecular weight excluding hydrogens is 254 g/mol. The first-order chi connectivity index (χ1) is 9.59. The van der Waals surface area contributed by atoms with E-state index in [9.17, 15) is 5.11 Å². The van der Waals surface area contributed by atoms with E-state index in [1.807, 2.05) is 18.2 Å². The molecule has 0 spiro atoms. The highest BCUT2D eigenvalue weighted by molar-refractivity contribution is 5.51. The smallest absolute Gasteiger partial charge is 0.224 e. The number of benzene rings is 1. The van der Waals surface area contributed by atoms with Crippen molar-refractivity contribution < 1.29 is 14.6 Å². The van der Waals surface area contributed by atoms with Gasteiger partial charge in [0.15, 0.2) is 11.5 Å². The number of nitrogens with zero attached hydrogens (tertiary/aromatic N) is 1. The van der Waals surface area contributed by atoms with Crippen LogP contribution in [0.1, 0.15) is 25.0 Å². The zero-order valence-electron chi connectivity index (χ0n) is 11.6. The van der Waals surface area contributed by atoms with Gasteiger partial charge in [-0.05, 0) is 32.0 Å². The molecule has 1 N–H and O–H groups in total. The summed E-state index contributed by atoms with van der Waals surface area (Å²) in [5.41, 5.74) is 1.57. The van der Waals surface area contributed by atoms with Gasteiger partial charge in [0.1, 0.15) is 5.60 Å². The van der Waals surface area contributed by atoms with E-state index in [-0.39, 0.29) is 12.2 Å². The quantitative estimate of drug-likeness (QED) is 0.932. The molecule has 1 aliphatic rings. The average molecular weight is 271 g/mol. The number of para-hydroxylation sites is 1.